The first-order valence-electron chi connectivity index (χ1n) is 10.2. The van der Waals surface area contributed by atoms with Gasteiger partial charge in [0.05, 0.1) is 17.4 Å². The van der Waals surface area contributed by atoms with Crippen LogP contribution in [-0.4, -0.2) is 21.1 Å². The van der Waals surface area contributed by atoms with Gasteiger partial charge in [0.25, 0.3) is 0 Å². The first-order chi connectivity index (χ1) is 15.7. The molecule has 0 aliphatic carbocycles. The summed E-state index contributed by atoms with van der Waals surface area (Å²) in [5.41, 5.74) is -1.73. The molecule has 0 saturated heterocycles. The Labute approximate surface area is 186 Å². The number of alkyl halides is 3. The van der Waals surface area contributed by atoms with Crippen molar-refractivity contribution in [3.63, 3.8) is 0 Å². The van der Waals surface area contributed by atoms with Gasteiger partial charge < -0.3 is 5.11 Å². The molecule has 166 valence electrons. The van der Waals surface area contributed by atoms with E-state index in [-0.39, 0.29) is 16.3 Å². The molecular weight excluding hydrogens is 432 g/mol. The van der Waals surface area contributed by atoms with Crippen molar-refractivity contribution in [2.75, 3.05) is 0 Å². The van der Waals surface area contributed by atoms with Crippen LogP contribution in [0.15, 0.2) is 85.1 Å². The molecule has 0 aliphatic heterocycles. The van der Waals surface area contributed by atoms with E-state index < -0.39 is 23.2 Å². The van der Waals surface area contributed by atoms with Gasteiger partial charge in [-0.25, -0.2) is 9.07 Å². The molecule has 0 radical (unpaired) electrons. The number of halogens is 4. The second kappa shape index (κ2) is 7.42. The van der Waals surface area contributed by atoms with E-state index in [0.29, 0.717) is 10.9 Å². The molecule has 5 rings (SSSR count). The highest BCUT2D eigenvalue weighted by Gasteiger charge is 2.57. The van der Waals surface area contributed by atoms with Gasteiger partial charge in [-0.15, -0.1) is 0 Å². The molecule has 1 N–H and O–H groups in total. The molecular formula is C26H18F4N2O. The third-order valence-electron chi connectivity index (χ3n) is 5.94. The number of fused-ring (bicyclic) bond motifs is 2. The monoisotopic (exact) mass is 450 g/mol. The number of rotatable bonds is 3. The highest BCUT2D eigenvalue weighted by atomic mass is 19.4. The zero-order valence-electron chi connectivity index (χ0n) is 17.4. The first-order valence-corrected chi connectivity index (χ1v) is 10.2. The maximum Gasteiger partial charge on any atom is 0.425 e. The maximum atomic E-state index is 14.4. The second-order valence-corrected chi connectivity index (χ2v) is 8.01. The quantitative estimate of drug-likeness (QED) is 0.322. The van der Waals surface area contributed by atoms with E-state index in [9.17, 15) is 22.7 Å². The molecule has 0 aliphatic rings. The molecule has 4 aromatic carbocycles. The molecule has 1 atom stereocenters. The fraction of sp³-hybridized carbons (Fsp3) is 0.115. The zero-order valence-corrected chi connectivity index (χ0v) is 17.4. The number of aliphatic hydroxyl groups is 1. The van der Waals surface area contributed by atoms with E-state index in [4.69, 9.17) is 0 Å². The van der Waals surface area contributed by atoms with Gasteiger partial charge in [0, 0.05) is 16.3 Å². The largest absolute Gasteiger partial charge is 0.425 e. The average Bonchev–Trinajstić information content (AvgIpc) is 3.22. The molecule has 0 fully saturated rings. The lowest BCUT2D eigenvalue weighted by molar-refractivity contribution is -0.247. The maximum absolute atomic E-state index is 14.4. The first kappa shape index (κ1) is 21.2. The van der Waals surface area contributed by atoms with Gasteiger partial charge in [0.15, 0.2) is 0 Å². The molecule has 33 heavy (non-hydrogen) atoms. The molecule has 3 nitrogen and oxygen atoms in total. The predicted octanol–water partition coefficient (Wildman–Crippen LogP) is 6.42. The molecule has 7 heteroatoms. The number of hydrogen-bond acceptors (Lipinski definition) is 2. The third kappa shape index (κ3) is 3.27. The van der Waals surface area contributed by atoms with Crippen molar-refractivity contribution in [3.05, 3.63) is 108 Å². The SMILES string of the molecule is Cc1ccc(-n2ncc3cc(C(O)(c4ccc(F)c5ccccc45)C(F)(F)F)ccc32)cc1. The Hall–Kier alpha value is -3.71. The van der Waals surface area contributed by atoms with Crippen LogP contribution >= 0.6 is 0 Å². The molecule has 1 unspecified atom stereocenters. The molecule has 0 saturated carbocycles. The topological polar surface area (TPSA) is 38.0 Å². The van der Waals surface area contributed by atoms with Crippen LogP contribution in [0.4, 0.5) is 17.6 Å². The molecule has 1 aromatic heterocycles. The van der Waals surface area contributed by atoms with Gasteiger partial charge in [-0.1, -0.05) is 54.1 Å². The number of aromatic nitrogens is 2. The Bertz CT molecular complexity index is 1490. The van der Waals surface area contributed by atoms with Crippen molar-refractivity contribution in [2.45, 2.75) is 18.7 Å². The summed E-state index contributed by atoms with van der Waals surface area (Å²) in [5, 5.41) is 16.0. The van der Waals surface area contributed by atoms with Crippen molar-refractivity contribution in [3.8, 4) is 5.69 Å². The highest BCUT2D eigenvalue weighted by molar-refractivity contribution is 5.88. The Morgan fingerprint density at radius 3 is 2.24 bits per heavy atom. The molecule has 0 spiro atoms. The van der Waals surface area contributed by atoms with E-state index in [1.165, 1.54) is 48.7 Å². The van der Waals surface area contributed by atoms with Crippen LogP contribution in [-0.2, 0) is 5.60 Å². The summed E-state index contributed by atoms with van der Waals surface area (Å²) < 4.78 is 59.2. The fourth-order valence-corrected chi connectivity index (χ4v) is 4.20. The summed E-state index contributed by atoms with van der Waals surface area (Å²) >= 11 is 0. The lowest BCUT2D eigenvalue weighted by Gasteiger charge is -2.32. The summed E-state index contributed by atoms with van der Waals surface area (Å²) in [7, 11) is 0. The van der Waals surface area contributed by atoms with Crippen LogP contribution < -0.4 is 0 Å². The number of hydrogen-bond donors (Lipinski definition) is 1. The third-order valence-corrected chi connectivity index (χ3v) is 5.94. The van der Waals surface area contributed by atoms with Crippen molar-refractivity contribution in [2.24, 2.45) is 0 Å². The minimum atomic E-state index is -5.06. The summed E-state index contributed by atoms with van der Waals surface area (Å²) in [5.74, 6) is -0.659. The van der Waals surface area contributed by atoms with Crippen molar-refractivity contribution in [1.82, 2.24) is 9.78 Å². The van der Waals surface area contributed by atoms with E-state index in [1.807, 2.05) is 31.2 Å². The van der Waals surface area contributed by atoms with Crippen LogP contribution in [0, 0.1) is 12.7 Å². The zero-order chi connectivity index (χ0) is 23.4. The summed E-state index contributed by atoms with van der Waals surface area (Å²) in [4.78, 5) is 0. The van der Waals surface area contributed by atoms with Crippen LogP contribution in [0.2, 0.25) is 0 Å². The van der Waals surface area contributed by atoms with Crippen molar-refractivity contribution < 1.29 is 22.7 Å². The smallest absolute Gasteiger partial charge is 0.372 e. The van der Waals surface area contributed by atoms with Crippen molar-refractivity contribution in [1.29, 1.82) is 0 Å². The molecule has 0 bridgehead atoms. The average molecular weight is 450 g/mol. The van der Waals surface area contributed by atoms with Crippen molar-refractivity contribution >= 4 is 21.7 Å². The van der Waals surface area contributed by atoms with Crippen LogP contribution in [0.25, 0.3) is 27.4 Å². The molecule has 5 aromatic rings. The Balaban J connectivity index is 1.72. The summed E-state index contributed by atoms with van der Waals surface area (Å²) in [6, 6.07) is 19.3. The van der Waals surface area contributed by atoms with Gasteiger partial charge in [-0.05, 0) is 48.2 Å². The van der Waals surface area contributed by atoms with Gasteiger partial charge in [-0.3, -0.25) is 0 Å². The predicted molar refractivity (Wildman–Crippen MR) is 119 cm³/mol. The van der Waals surface area contributed by atoms with Gasteiger partial charge in [-0.2, -0.15) is 18.3 Å². The number of aryl methyl sites for hydroxylation is 1. The highest BCUT2D eigenvalue weighted by Crippen LogP contribution is 2.47. The Morgan fingerprint density at radius 1 is 0.848 bits per heavy atom. The lowest BCUT2D eigenvalue weighted by Crippen LogP contribution is -2.43. The van der Waals surface area contributed by atoms with E-state index >= 15 is 0 Å². The number of nitrogens with zero attached hydrogens (tertiary/aromatic N) is 2. The Kier molecular flexibility index (Phi) is 4.76. The van der Waals surface area contributed by atoms with E-state index in [2.05, 4.69) is 5.10 Å². The van der Waals surface area contributed by atoms with E-state index in [0.717, 1.165) is 23.4 Å². The Morgan fingerprint density at radius 2 is 1.55 bits per heavy atom. The summed E-state index contributed by atoms with van der Waals surface area (Å²) in [6.45, 7) is 1.95. The van der Waals surface area contributed by atoms with Crippen LogP contribution in [0.1, 0.15) is 16.7 Å². The summed E-state index contributed by atoms with van der Waals surface area (Å²) in [6.07, 6.45) is -3.60. The lowest BCUT2D eigenvalue weighted by atomic mass is 9.82. The molecule has 0 amide bonds. The van der Waals surface area contributed by atoms with Gasteiger partial charge in [0.1, 0.15) is 5.82 Å². The molecule has 1 heterocycles. The fourth-order valence-electron chi connectivity index (χ4n) is 4.20. The minimum absolute atomic E-state index is 0.00550. The normalized spacial score (nSPS) is 14.0. The van der Waals surface area contributed by atoms with Crippen LogP contribution in [0.3, 0.4) is 0 Å². The van der Waals surface area contributed by atoms with Gasteiger partial charge >= 0.3 is 6.18 Å². The second-order valence-electron chi connectivity index (χ2n) is 8.01. The van der Waals surface area contributed by atoms with Gasteiger partial charge in [0.2, 0.25) is 5.60 Å². The minimum Gasteiger partial charge on any atom is -0.372 e. The van der Waals surface area contributed by atoms with Crippen LogP contribution in [0.5, 0.6) is 0 Å². The van der Waals surface area contributed by atoms with E-state index in [1.54, 1.807) is 4.68 Å². The number of benzene rings is 4. The standard InChI is InChI=1S/C26H18F4N2O/c1-16-6-9-19(10-7-16)32-24-13-8-18(14-17(24)15-31-32)25(33,26(28,29)30)22-11-12-23(27)21-5-3-2-4-20(21)22/h2-15,33H,1H3.